The summed E-state index contributed by atoms with van der Waals surface area (Å²) in [5.41, 5.74) is 2.18. The first kappa shape index (κ1) is 44.2. The molecule has 0 radical (unpaired) electrons. The normalized spacial score (nSPS) is 23.7. The number of phenolic OH excluding ortho intramolecular Hbond substituents is 1. The van der Waals surface area contributed by atoms with Gasteiger partial charge in [-0.25, -0.2) is 4.98 Å². The van der Waals surface area contributed by atoms with Gasteiger partial charge in [0.05, 0.1) is 53.7 Å². The average Bonchev–Trinajstić information content (AvgIpc) is 3.69. The van der Waals surface area contributed by atoms with Gasteiger partial charge in [0, 0.05) is 28.3 Å². The van der Waals surface area contributed by atoms with Gasteiger partial charge in [-0.3, -0.25) is 34.3 Å². The molecule has 4 aromatic carbocycles. The number of alkyl halides is 3. The van der Waals surface area contributed by atoms with Crippen LogP contribution in [0.5, 0.6) is 17.2 Å². The van der Waals surface area contributed by atoms with Gasteiger partial charge in [-0.15, -0.1) is 0 Å². The Kier molecular flexibility index (Phi) is 11.3. The summed E-state index contributed by atoms with van der Waals surface area (Å²) in [5, 5.41) is 11.2. The number of aromatic hydroxyl groups is 1. The zero-order chi connectivity index (χ0) is 46.8. The second-order valence-electron chi connectivity index (χ2n) is 16.4. The first-order valence-corrected chi connectivity index (χ1v) is 21.4. The van der Waals surface area contributed by atoms with Crippen LogP contribution in [0.25, 0.3) is 6.08 Å². The van der Waals surface area contributed by atoms with Gasteiger partial charge >= 0.3 is 6.18 Å². The zero-order valence-electron chi connectivity index (χ0n) is 34.9. The Balaban J connectivity index is 1.16. The molecule has 0 bridgehead atoms. The fraction of sp³-hybridized carbons (Fsp3) is 0.224. The summed E-state index contributed by atoms with van der Waals surface area (Å²) < 4.78 is 51.6. The number of hydrogen-bond donors (Lipinski definition) is 2. The summed E-state index contributed by atoms with van der Waals surface area (Å²) >= 11 is 12.7. The molecule has 66 heavy (non-hydrogen) atoms. The predicted octanol–water partition coefficient (Wildman–Crippen LogP) is 9.10. The SMILES string of the molecule is COc1cc(C=C[C@H]2C3=CC[C@@H]4C(=O)N(c5ccc(C(=O)c6ccccc6)cc5)C(=O)[C@@H]4[C@@H]3C[C@H]3C(=O)N(Nc4ncc(C(F)(F)F)cc4Cl)C(=O)[C@@]23c2ccc(Cl)cc2)cc(OC)c1O. The molecule has 2 aliphatic heterocycles. The van der Waals surface area contributed by atoms with Crippen molar-refractivity contribution >= 4 is 70.2 Å². The summed E-state index contributed by atoms with van der Waals surface area (Å²) in [4.78, 5) is 77.8. The standard InChI is InChI=1S/C49H37Cl2F3N4O8/c1-65-38-20-25(21-39(66-2)42(38)60)8-19-35-32-17-18-33-40(46(63)57(44(33)61)31-15-9-27(10-16-31)41(59)26-6-4-3-5-7-26)34(32)23-36-45(62)58(47(64)48(35,36)28-11-13-30(50)14-12-28)56-43-37(51)22-29(24-55-43)49(52,53)54/h3-17,19-22,24,33-36,40,60H,18,23H2,1-2H3,(H,55,56)/t33-,34+,35-,36-,40-,48-/m0/s1. The number of allylic oxidation sites excluding steroid dienone is 3. The van der Waals surface area contributed by atoms with Crippen LogP contribution in [0.3, 0.4) is 0 Å². The van der Waals surface area contributed by atoms with Crippen molar-refractivity contribution in [1.82, 2.24) is 9.99 Å². The number of carbonyl (C=O) groups excluding carboxylic acids is 5. The van der Waals surface area contributed by atoms with Crippen molar-refractivity contribution in [2.45, 2.75) is 24.4 Å². The minimum Gasteiger partial charge on any atom is -0.502 e. The summed E-state index contributed by atoms with van der Waals surface area (Å²) in [7, 11) is 2.72. The first-order chi connectivity index (χ1) is 31.6. The third-order valence-electron chi connectivity index (χ3n) is 13.0. The van der Waals surface area contributed by atoms with E-state index >= 15 is 9.59 Å². The lowest BCUT2D eigenvalue weighted by molar-refractivity contribution is -0.139. The van der Waals surface area contributed by atoms with Crippen molar-refractivity contribution in [2.75, 3.05) is 24.5 Å². The number of fused-ring (bicyclic) bond motifs is 4. The smallest absolute Gasteiger partial charge is 0.417 e. The zero-order valence-corrected chi connectivity index (χ0v) is 36.4. The lowest BCUT2D eigenvalue weighted by Crippen LogP contribution is -2.54. The van der Waals surface area contributed by atoms with Crippen molar-refractivity contribution in [2.24, 2.45) is 29.6 Å². The Hall–Kier alpha value is -6.97. The van der Waals surface area contributed by atoms with E-state index < -0.39 is 81.2 Å². The number of rotatable bonds is 10. The molecule has 0 spiro atoms. The van der Waals surface area contributed by atoms with Crippen LogP contribution in [0.1, 0.15) is 45.5 Å². The maximum atomic E-state index is 15.5. The van der Waals surface area contributed by atoms with Crippen LogP contribution < -0.4 is 19.8 Å². The van der Waals surface area contributed by atoms with Crippen LogP contribution >= 0.6 is 23.2 Å². The highest BCUT2D eigenvalue weighted by Crippen LogP contribution is 2.62. The number of nitrogens with one attached hydrogen (secondary N) is 1. The van der Waals surface area contributed by atoms with Crippen molar-refractivity contribution in [3.8, 4) is 17.2 Å². The maximum absolute atomic E-state index is 15.5. The summed E-state index contributed by atoms with van der Waals surface area (Å²) in [6.07, 6.45) is 0.951. The summed E-state index contributed by atoms with van der Waals surface area (Å²) in [5.74, 6) is -8.17. The third kappa shape index (κ3) is 7.17. The Labute approximate surface area is 385 Å². The molecule has 4 amide bonds. The molecule has 336 valence electrons. The second-order valence-corrected chi connectivity index (χ2v) is 17.2. The molecule has 2 aliphatic carbocycles. The molecule has 3 fully saturated rings. The van der Waals surface area contributed by atoms with Crippen molar-refractivity contribution in [3.05, 3.63) is 159 Å². The van der Waals surface area contributed by atoms with Gasteiger partial charge in [0.1, 0.15) is 0 Å². The van der Waals surface area contributed by atoms with E-state index in [0.29, 0.717) is 50.1 Å². The predicted molar refractivity (Wildman–Crippen MR) is 237 cm³/mol. The number of benzene rings is 4. The molecule has 5 aromatic rings. The lowest BCUT2D eigenvalue weighted by Gasteiger charge is -2.49. The van der Waals surface area contributed by atoms with E-state index in [1.54, 1.807) is 91.0 Å². The van der Waals surface area contributed by atoms with E-state index in [2.05, 4.69) is 10.4 Å². The fourth-order valence-corrected chi connectivity index (χ4v) is 10.4. The number of nitrogens with zero attached hydrogens (tertiary/aromatic N) is 3. The number of hydrogen-bond acceptors (Lipinski definition) is 10. The Morgan fingerprint density at radius 3 is 2.14 bits per heavy atom. The Morgan fingerprint density at radius 1 is 0.864 bits per heavy atom. The fourth-order valence-electron chi connectivity index (χ4n) is 10.0. The highest BCUT2D eigenvalue weighted by molar-refractivity contribution is 6.33. The van der Waals surface area contributed by atoms with Crippen molar-refractivity contribution in [3.63, 3.8) is 0 Å². The van der Waals surface area contributed by atoms with E-state index in [0.717, 1.165) is 4.90 Å². The van der Waals surface area contributed by atoms with Crippen LogP contribution in [0.2, 0.25) is 10.0 Å². The molecule has 2 N–H and O–H groups in total. The molecule has 1 aromatic heterocycles. The number of imide groups is 2. The highest BCUT2D eigenvalue weighted by Gasteiger charge is 2.69. The molecule has 0 unspecified atom stereocenters. The van der Waals surface area contributed by atoms with Gasteiger partial charge in [0.15, 0.2) is 23.1 Å². The average molecular weight is 938 g/mol. The van der Waals surface area contributed by atoms with E-state index in [4.69, 9.17) is 32.7 Å². The van der Waals surface area contributed by atoms with Crippen LogP contribution in [-0.2, 0) is 30.8 Å². The Morgan fingerprint density at radius 2 is 1.52 bits per heavy atom. The van der Waals surface area contributed by atoms with Gasteiger partial charge in [0.25, 0.3) is 11.8 Å². The molecule has 12 nitrogen and oxygen atoms in total. The number of halogens is 5. The van der Waals surface area contributed by atoms with Crippen molar-refractivity contribution in [1.29, 1.82) is 0 Å². The topological polar surface area (TPSA) is 155 Å². The van der Waals surface area contributed by atoms with Gasteiger partial charge in [-0.1, -0.05) is 89.5 Å². The number of anilines is 2. The number of ketones is 1. The molecule has 2 saturated heterocycles. The van der Waals surface area contributed by atoms with Gasteiger partial charge in [-0.05, 0) is 84.5 Å². The van der Waals surface area contributed by atoms with Gasteiger partial charge in [0.2, 0.25) is 17.6 Å². The number of methoxy groups -OCH3 is 2. The van der Waals surface area contributed by atoms with E-state index in [-0.39, 0.29) is 41.6 Å². The maximum Gasteiger partial charge on any atom is 0.417 e. The summed E-state index contributed by atoms with van der Waals surface area (Å²) in [6.45, 7) is 0. The lowest BCUT2D eigenvalue weighted by atomic mass is 9.50. The minimum absolute atomic E-state index is 0.0802. The van der Waals surface area contributed by atoms with Crippen LogP contribution in [0.15, 0.2) is 121 Å². The highest BCUT2D eigenvalue weighted by atomic mass is 35.5. The quantitative estimate of drug-likeness (QED) is 0.0787. The number of carbonyl (C=O) groups is 5. The number of hydrazine groups is 1. The summed E-state index contributed by atoms with van der Waals surface area (Å²) in [6, 6.07) is 24.9. The molecule has 4 aliphatic rings. The number of amides is 4. The molecule has 6 atom stereocenters. The van der Waals surface area contributed by atoms with Crippen LogP contribution in [-0.4, -0.2) is 58.7 Å². The van der Waals surface area contributed by atoms with Crippen molar-refractivity contribution < 1.29 is 51.7 Å². The molecule has 3 heterocycles. The molecule has 9 rings (SSSR count). The molecular formula is C49H37Cl2F3N4O8. The van der Waals surface area contributed by atoms with E-state index in [1.165, 1.54) is 26.4 Å². The number of pyridine rings is 1. The largest absolute Gasteiger partial charge is 0.502 e. The van der Waals surface area contributed by atoms with Crippen LogP contribution in [0, 0.1) is 29.6 Å². The monoisotopic (exact) mass is 936 g/mol. The number of aromatic nitrogens is 1. The number of ether oxygens (including phenoxy) is 2. The minimum atomic E-state index is -4.78. The van der Waals surface area contributed by atoms with E-state index in [9.17, 15) is 32.7 Å². The van der Waals surface area contributed by atoms with Gasteiger partial charge < -0.3 is 14.6 Å². The van der Waals surface area contributed by atoms with Crippen LogP contribution in [0.4, 0.5) is 24.7 Å². The second kappa shape index (κ2) is 16.8. The third-order valence-corrected chi connectivity index (χ3v) is 13.6. The molecule has 1 saturated carbocycles. The van der Waals surface area contributed by atoms with E-state index in [1.807, 2.05) is 6.08 Å². The first-order valence-electron chi connectivity index (χ1n) is 20.6. The Bertz CT molecular complexity index is 2870. The number of phenols is 1. The molecule has 17 heteroatoms. The van der Waals surface area contributed by atoms with Gasteiger partial charge in [-0.2, -0.15) is 18.2 Å². The molecular weight excluding hydrogens is 900 g/mol.